The molecule has 0 radical (unpaired) electrons. The number of hydrogen-bond donors (Lipinski definition) is 0. The van der Waals surface area contributed by atoms with Crippen LogP contribution in [-0.2, 0) is 28.6 Å². The lowest BCUT2D eigenvalue weighted by Gasteiger charge is -2.18. The van der Waals surface area contributed by atoms with E-state index in [0.717, 1.165) is 64.2 Å². The van der Waals surface area contributed by atoms with Crippen LogP contribution in [0.3, 0.4) is 0 Å². The average molecular weight is 1050 g/mol. The molecule has 1 unspecified atom stereocenters. The van der Waals surface area contributed by atoms with Crippen molar-refractivity contribution in [2.45, 2.75) is 361 Å². The van der Waals surface area contributed by atoms with Crippen LogP contribution in [0, 0.1) is 0 Å². The third-order valence-electron chi connectivity index (χ3n) is 14.9. The van der Waals surface area contributed by atoms with Gasteiger partial charge < -0.3 is 14.2 Å². The van der Waals surface area contributed by atoms with E-state index in [2.05, 4.69) is 63.3 Å². The van der Waals surface area contributed by atoms with Gasteiger partial charge in [-0.3, -0.25) is 14.4 Å². The summed E-state index contributed by atoms with van der Waals surface area (Å²) < 4.78 is 16.9. The van der Waals surface area contributed by atoms with E-state index in [4.69, 9.17) is 14.2 Å². The minimum Gasteiger partial charge on any atom is -0.462 e. The van der Waals surface area contributed by atoms with Gasteiger partial charge in [0.25, 0.3) is 0 Å². The van der Waals surface area contributed by atoms with E-state index in [1.165, 1.54) is 244 Å². The number of ether oxygens (including phenoxy) is 3. The maximum absolute atomic E-state index is 12.9. The van der Waals surface area contributed by atoms with Crippen molar-refractivity contribution in [2.24, 2.45) is 0 Å². The number of carbonyl (C=O) groups is 3. The molecule has 0 fully saturated rings. The Kier molecular flexibility index (Phi) is 61.7. The molecule has 0 spiro atoms. The minimum atomic E-state index is -0.799. The molecule has 1 atom stereocenters. The van der Waals surface area contributed by atoms with E-state index in [1.54, 1.807) is 0 Å². The van der Waals surface area contributed by atoms with Crippen molar-refractivity contribution >= 4 is 17.9 Å². The topological polar surface area (TPSA) is 78.9 Å². The highest BCUT2D eigenvalue weighted by atomic mass is 16.6. The Morgan fingerprint density at radius 3 is 0.813 bits per heavy atom. The summed E-state index contributed by atoms with van der Waals surface area (Å²) in [5, 5.41) is 0. The first-order valence-electron chi connectivity index (χ1n) is 33.1. The molecular weight excluding hydrogens is 925 g/mol. The molecular formula is C69H126O6. The first-order chi connectivity index (χ1) is 37.0. The zero-order valence-corrected chi connectivity index (χ0v) is 50.3. The standard InChI is InChI=1S/C69H126O6/c1-4-7-10-13-16-19-22-25-27-29-30-31-32-33-34-35-36-37-38-39-40-42-44-47-50-53-56-59-62-68(71)74-65-66(64-73-67(70)61-58-55-52-49-46-43-24-21-18-15-12-9-6-3)75-69(72)63-60-57-54-51-48-45-41-28-26-23-20-17-14-11-8-5-2/h9,12,18,21,43,46,52,55,66H,4-8,10-11,13-17,19-20,22-42,44-45,47-51,53-54,56-65H2,1-3H3/b12-9-,21-18-,46-43-,55-52-. The van der Waals surface area contributed by atoms with Crippen molar-refractivity contribution in [3.8, 4) is 0 Å². The van der Waals surface area contributed by atoms with E-state index in [-0.39, 0.29) is 37.5 Å². The first kappa shape index (κ1) is 72.4. The third-order valence-corrected chi connectivity index (χ3v) is 14.9. The highest BCUT2D eigenvalue weighted by Crippen LogP contribution is 2.18. The fraction of sp³-hybridized carbons (Fsp3) is 0.841. The van der Waals surface area contributed by atoms with E-state index < -0.39 is 6.10 Å². The Morgan fingerprint density at radius 2 is 0.520 bits per heavy atom. The Hall–Kier alpha value is -2.63. The van der Waals surface area contributed by atoms with Gasteiger partial charge in [-0.2, -0.15) is 0 Å². The molecule has 75 heavy (non-hydrogen) atoms. The molecule has 0 bridgehead atoms. The van der Waals surface area contributed by atoms with Gasteiger partial charge in [0.15, 0.2) is 6.10 Å². The fourth-order valence-electron chi connectivity index (χ4n) is 9.93. The molecule has 0 aromatic carbocycles. The van der Waals surface area contributed by atoms with Gasteiger partial charge in [-0.15, -0.1) is 0 Å². The van der Waals surface area contributed by atoms with Crippen LogP contribution in [0.2, 0.25) is 0 Å². The van der Waals surface area contributed by atoms with Crippen molar-refractivity contribution in [1.82, 2.24) is 0 Å². The van der Waals surface area contributed by atoms with Gasteiger partial charge in [-0.25, -0.2) is 0 Å². The predicted molar refractivity (Wildman–Crippen MR) is 325 cm³/mol. The van der Waals surface area contributed by atoms with Crippen molar-refractivity contribution in [2.75, 3.05) is 13.2 Å². The summed E-state index contributed by atoms with van der Waals surface area (Å²) in [5.41, 5.74) is 0. The maximum atomic E-state index is 12.9. The van der Waals surface area contributed by atoms with Crippen LogP contribution in [0.15, 0.2) is 48.6 Å². The second-order valence-electron chi connectivity index (χ2n) is 22.4. The maximum Gasteiger partial charge on any atom is 0.306 e. The van der Waals surface area contributed by atoms with Crippen LogP contribution in [-0.4, -0.2) is 37.2 Å². The number of unbranched alkanes of at least 4 members (excludes halogenated alkanes) is 42. The summed E-state index contributed by atoms with van der Waals surface area (Å²) >= 11 is 0. The highest BCUT2D eigenvalue weighted by molar-refractivity contribution is 5.71. The highest BCUT2D eigenvalue weighted by Gasteiger charge is 2.19. The molecule has 6 heteroatoms. The Labute approximate surface area is 467 Å². The number of allylic oxidation sites excluding steroid dienone is 8. The van der Waals surface area contributed by atoms with Crippen LogP contribution in [0.1, 0.15) is 355 Å². The van der Waals surface area contributed by atoms with Gasteiger partial charge in [-0.1, -0.05) is 339 Å². The molecule has 0 aliphatic rings. The SMILES string of the molecule is CC/C=C\C/C=C\C/C=C\C/C=C\CCC(=O)OCC(COC(=O)CCCCCCCCCCCCCCCCCCCCCCCCCCCCCC)OC(=O)CCCCCCCCCCCCCCCCCC. The summed E-state index contributed by atoms with van der Waals surface area (Å²) in [5.74, 6) is -0.953. The molecule has 438 valence electrons. The van der Waals surface area contributed by atoms with Gasteiger partial charge in [-0.05, 0) is 44.9 Å². The third kappa shape index (κ3) is 62.1. The zero-order valence-electron chi connectivity index (χ0n) is 50.3. The monoisotopic (exact) mass is 1050 g/mol. The molecule has 0 aliphatic heterocycles. The first-order valence-corrected chi connectivity index (χ1v) is 33.1. The minimum absolute atomic E-state index is 0.0901. The van der Waals surface area contributed by atoms with Gasteiger partial charge in [0.1, 0.15) is 13.2 Å². The molecule has 0 aromatic rings. The second kappa shape index (κ2) is 63.9. The number of rotatable bonds is 61. The van der Waals surface area contributed by atoms with Crippen molar-refractivity contribution < 1.29 is 28.6 Å². The lowest BCUT2D eigenvalue weighted by molar-refractivity contribution is -0.166. The van der Waals surface area contributed by atoms with E-state index in [9.17, 15) is 14.4 Å². The summed E-state index contributed by atoms with van der Waals surface area (Å²) in [6.45, 7) is 6.52. The average Bonchev–Trinajstić information content (AvgIpc) is 3.41. The normalized spacial score (nSPS) is 12.3. The largest absolute Gasteiger partial charge is 0.462 e. The fourth-order valence-corrected chi connectivity index (χ4v) is 9.93. The summed E-state index contributed by atoms with van der Waals surface area (Å²) in [6.07, 6.45) is 80.2. The van der Waals surface area contributed by atoms with Crippen LogP contribution in [0.25, 0.3) is 0 Å². The second-order valence-corrected chi connectivity index (χ2v) is 22.4. The van der Waals surface area contributed by atoms with Crippen molar-refractivity contribution in [3.63, 3.8) is 0 Å². The molecule has 0 N–H and O–H groups in total. The summed E-state index contributed by atoms with van der Waals surface area (Å²) in [4.78, 5) is 38.2. The van der Waals surface area contributed by atoms with E-state index >= 15 is 0 Å². The smallest absolute Gasteiger partial charge is 0.306 e. The number of carbonyl (C=O) groups excluding carboxylic acids is 3. The summed E-state index contributed by atoms with van der Waals surface area (Å²) in [7, 11) is 0. The Bertz CT molecular complexity index is 1300. The number of esters is 3. The van der Waals surface area contributed by atoms with Crippen LogP contribution in [0.4, 0.5) is 0 Å². The Balaban J connectivity index is 4.20. The zero-order chi connectivity index (χ0) is 54.3. The van der Waals surface area contributed by atoms with Crippen LogP contribution in [0.5, 0.6) is 0 Å². The molecule has 0 aliphatic carbocycles. The molecule has 0 saturated carbocycles. The van der Waals surface area contributed by atoms with Gasteiger partial charge in [0, 0.05) is 19.3 Å². The van der Waals surface area contributed by atoms with Crippen LogP contribution < -0.4 is 0 Å². The lowest BCUT2D eigenvalue weighted by atomic mass is 10.0. The van der Waals surface area contributed by atoms with Gasteiger partial charge >= 0.3 is 17.9 Å². The van der Waals surface area contributed by atoms with Gasteiger partial charge in [0.05, 0.1) is 0 Å². The van der Waals surface area contributed by atoms with Crippen molar-refractivity contribution in [1.29, 1.82) is 0 Å². The molecule has 6 nitrogen and oxygen atoms in total. The molecule has 0 heterocycles. The van der Waals surface area contributed by atoms with Gasteiger partial charge in [0.2, 0.25) is 0 Å². The molecule has 0 amide bonds. The predicted octanol–water partition coefficient (Wildman–Crippen LogP) is 22.6. The molecule has 0 rings (SSSR count). The Morgan fingerprint density at radius 1 is 0.280 bits per heavy atom. The van der Waals surface area contributed by atoms with E-state index in [0.29, 0.717) is 19.3 Å². The molecule has 0 aromatic heterocycles. The van der Waals surface area contributed by atoms with E-state index in [1.807, 2.05) is 6.08 Å². The number of hydrogen-bond acceptors (Lipinski definition) is 6. The quantitative estimate of drug-likeness (QED) is 0.0261. The molecule has 0 saturated heterocycles. The lowest BCUT2D eigenvalue weighted by Crippen LogP contribution is -2.30. The van der Waals surface area contributed by atoms with Crippen LogP contribution >= 0.6 is 0 Å². The summed E-state index contributed by atoms with van der Waals surface area (Å²) in [6, 6.07) is 0. The van der Waals surface area contributed by atoms with Crippen molar-refractivity contribution in [3.05, 3.63) is 48.6 Å².